The second kappa shape index (κ2) is 8.68. The van der Waals surface area contributed by atoms with Gasteiger partial charge in [-0.2, -0.15) is 0 Å². The first-order valence-electron chi connectivity index (χ1n) is 8.48. The van der Waals surface area contributed by atoms with Gasteiger partial charge in [0.2, 0.25) is 11.8 Å². The van der Waals surface area contributed by atoms with Crippen molar-refractivity contribution in [2.24, 2.45) is 10.9 Å². The van der Waals surface area contributed by atoms with Gasteiger partial charge in [0.25, 0.3) is 10.0 Å². The van der Waals surface area contributed by atoms with Gasteiger partial charge in [-0.25, -0.2) is 8.42 Å². The molecule has 1 aliphatic heterocycles. The van der Waals surface area contributed by atoms with Crippen molar-refractivity contribution in [3.8, 4) is 12.3 Å². The van der Waals surface area contributed by atoms with Crippen LogP contribution in [0.3, 0.4) is 0 Å². The van der Waals surface area contributed by atoms with Crippen LogP contribution in [-0.4, -0.2) is 45.2 Å². The van der Waals surface area contributed by atoms with Gasteiger partial charge in [0.1, 0.15) is 11.9 Å². The quantitative estimate of drug-likeness (QED) is 0.569. The first-order chi connectivity index (χ1) is 12.8. The molecule has 1 aromatic rings. The van der Waals surface area contributed by atoms with Crippen molar-refractivity contribution >= 4 is 27.7 Å². The zero-order chi connectivity index (χ0) is 20.0. The van der Waals surface area contributed by atoms with Gasteiger partial charge < -0.3 is 10.6 Å². The summed E-state index contributed by atoms with van der Waals surface area (Å²) in [6.07, 6.45) is 5.71. The summed E-state index contributed by atoms with van der Waals surface area (Å²) in [6.45, 7) is 3.57. The third-order valence-corrected chi connectivity index (χ3v) is 5.59. The molecule has 1 heterocycles. The second-order valence-corrected chi connectivity index (χ2v) is 7.76. The highest BCUT2D eigenvalue weighted by Crippen LogP contribution is 2.23. The van der Waals surface area contributed by atoms with E-state index in [0.717, 1.165) is 0 Å². The molecule has 0 aliphatic carbocycles. The summed E-state index contributed by atoms with van der Waals surface area (Å²) < 4.78 is 26.8. The summed E-state index contributed by atoms with van der Waals surface area (Å²) >= 11 is 0. The Morgan fingerprint density at radius 3 is 2.67 bits per heavy atom. The molecule has 0 aromatic heterocycles. The summed E-state index contributed by atoms with van der Waals surface area (Å²) in [4.78, 5) is 28.7. The average molecular weight is 390 g/mol. The van der Waals surface area contributed by atoms with Crippen LogP contribution in [0.1, 0.15) is 25.8 Å². The number of carbonyl (C=O) groups is 2. The minimum absolute atomic E-state index is 0.0738. The van der Waals surface area contributed by atoms with Gasteiger partial charge in [-0.3, -0.25) is 19.3 Å². The van der Waals surface area contributed by atoms with E-state index >= 15 is 0 Å². The van der Waals surface area contributed by atoms with Crippen molar-refractivity contribution in [2.45, 2.75) is 31.2 Å². The van der Waals surface area contributed by atoms with Crippen LogP contribution in [0.15, 0.2) is 34.2 Å². The second-order valence-electron chi connectivity index (χ2n) is 6.11. The Morgan fingerprint density at radius 1 is 1.30 bits per heavy atom. The normalized spacial score (nSPS) is 17.9. The maximum Gasteiger partial charge on any atom is 0.263 e. The molecule has 2 atom stereocenters. The number of fused-ring (bicyclic) bond motifs is 1. The highest BCUT2D eigenvalue weighted by Gasteiger charge is 2.33. The molecule has 0 saturated carbocycles. The molecule has 0 fully saturated rings. The predicted octanol–water partition coefficient (Wildman–Crippen LogP) is 0.00540. The van der Waals surface area contributed by atoms with Crippen LogP contribution < -0.4 is 15.4 Å². The molecule has 0 unspecified atom stereocenters. The topological polar surface area (TPSA) is 117 Å². The number of carbonyl (C=O) groups excluding carboxylic acids is 2. The van der Waals surface area contributed by atoms with Crippen LogP contribution in [-0.2, 0) is 19.6 Å². The minimum Gasteiger partial charge on any atom is -0.345 e. The molecule has 0 radical (unpaired) electrons. The SMILES string of the molecule is C#CCNC(=O)CNC(=O)[C@@H](N=C1NS(=O)(=O)c2ccccc21)[C@@H](C)CC. The number of nitrogens with zero attached hydrogens (tertiary/aromatic N) is 1. The maximum atomic E-state index is 12.6. The molecule has 0 spiro atoms. The lowest BCUT2D eigenvalue weighted by Crippen LogP contribution is -2.43. The van der Waals surface area contributed by atoms with Crippen LogP contribution in [0.25, 0.3) is 0 Å². The smallest absolute Gasteiger partial charge is 0.263 e. The van der Waals surface area contributed by atoms with Crippen LogP contribution in [0.4, 0.5) is 0 Å². The molecule has 9 heteroatoms. The first-order valence-corrected chi connectivity index (χ1v) is 9.96. The van der Waals surface area contributed by atoms with E-state index in [9.17, 15) is 18.0 Å². The first kappa shape index (κ1) is 20.5. The largest absolute Gasteiger partial charge is 0.345 e. The van der Waals surface area contributed by atoms with Crippen molar-refractivity contribution < 1.29 is 18.0 Å². The van der Waals surface area contributed by atoms with Crippen LogP contribution in [0.5, 0.6) is 0 Å². The van der Waals surface area contributed by atoms with E-state index in [2.05, 4.69) is 26.3 Å². The van der Waals surface area contributed by atoms with Gasteiger partial charge >= 0.3 is 0 Å². The van der Waals surface area contributed by atoms with Crippen molar-refractivity contribution in [1.29, 1.82) is 0 Å². The molecule has 27 heavy (non-hydrogen) atoms. The van der Waals surface area contributed by atoms with E-state index in [4.69, 9.17) is 6.42 Å². The fourth-order valence-corrected chi connectivity index (χ4v) is 3.76. The standard InChI is InChI=1S/C18H22N4O4S/c1-4-10-19-15(23)11-20-18(24)16(12(3)5-2)21-17-13-8-6-7-9-14(13)27(25,26)22-17/h1,6-9,12,16H,5,10-11H2,2-3H3,(H,19,23)(H,20,24)(H,21,22)/t12-,16-/m0/s1. The Labute approximate surface area is 158 Å². The van der Waals surface area contributed by atoms with E-state index in [-0.39, 0.29) is 29.7 Å². The molecule has 144 valence electrons. The van der Waals surface area contributed by atoms with Gasteiger partial charge in [-0.15, -0.1) is 6.42 Å². The molecular formula is C18H22N4O4S. The summed E-state index contributed by atoms with van der Waals surface area (Å²) in [5.74, 6) is 1.36. The zero-order valence-electron chi connectivity index (χ0n) is 15.2. The fourth-order valence-electron chi connectivity index (χ4n) is 2.52. The molecule has 0 saturated heterocycles. The molecule has 8 nitrogen and oxygen atoms in total. The average Bonchev–Trinajstić information content (AvgIpc) is 2.92. The van der Waals surface area contributed by atoms with E-state index < -0.39 is 27.9 Å². The van der Waals surface area contributed by atoms with E-state index in [1.54, 1.807) is 18.2 Å². The monoisotopic (exact) mass is 390 g/mol. The summed E-state index contributed by atoms with van der Waals surface area (Å²) in [6, 6.07) is 5.58. The van der Waals surface area contributed by atoms with Crippen molar-refractivity contribution in [3.63, 3.8) is 0 Å². The highest BCUT2D eigenvalue weighted by atomic mass is 32.2. The fraction of sp³-hybridized carbons (Fsp3) is 0.389. The van der Waals surface area contributed by atoms with E-state index in [1.165, 1.54) is 6.07 Å². The molecule has 1 aromatic carbocycles. The number of amidine groups is 1. The molecular weight excluding hydrogens is 368 g/mol. The lowest BCUT2D eigenvalue weighted by Gasteiger charge is -2.19. The zero-order valence-corrected chi connectivity index (χ0v) is 16.0. The predicted molar refractivity (Wildman–Crippen MR) is 101 cm³/mol. The Hall–Kier alpha value is -2.86. The number of hydrogen-bond donors (Lipinski definition) is 3. The number of terminal acetylenes is 1. The maximum absolute atomic E-state index is 12.6. The van der Waals surface area contributed by atoms with Crippen LogP contribution in [0, 0.1) is 18.3 Å². The molecule has 2 rings (SSSR count). The number of rotatable bonds is 7. The van der Waals surface area contributed by atoms with Gasteiger partial charge in [0.05, 0.1) is 18.0 Å². The number of amides is 2. The third-order valence-electron chi connectivity index (χ3n) is 4.19. The van der Waals surface area contributed by atoms with Crippen molar-refractivity contribution in [2.75, 3.05) is 13.1 Å². The lowest BCUT2D eigenvalue weighted by molar-refractivity contribution is -0.127. The van der Waals surface area contributed by atoms with Crippen LogP contribution >= 0.6 is 0 Å². The number of benzene rings is 1. The lowest BCUT2D eigenvalue weighted by atomic mass is 9.98. The summed E-state index contributed by atoms with van der Waals surface area (Å²) in [7, 11) is -3.69. The molecule has 3 N–H and O–H groups in total. The number of hydrogen-bond acceptors (Lipinski definition) is 5. The molecule has 0 bridgehead atoms. The molecule has 2 amide bonds. The van der Waals surface area contributed by atoms with Gasteiger partial charge in [0.15, 0.2) is 0 Å². The number of nitrogens with one attached hydrogen (secondary N) is 3. The Kier molecular flexibility index (Phi) is 6.58. The minimum atomic E-state index is -3.69. The Morgan fingerprint density at radius 2 is 2.00 bits per heavy atom. The van der Waals surface area contributed by atoms with Gasteiger partial charge in [-0.1, -0.05) is 38.3 Å². The Balaban J connectivity index is 2.23. The molecule has 1 aliphatic rings. The number of aliphatic imine (C=N–C) groups is 1. The summed E-state index contributed by atoms with van der Waals surface area (Å²) in [5.41, 5.74) is 0.422. The Bertz CT molecular complexity index is 902. The summed E-state index contributed by atoms with van der Waals surface area (Å²) in [5, 5.41) is 4.97. The number of sulfonamides is 1. The third kappa shape index (κ3) is 4.86. The van der Waals surface area contributed by atoms with E-state index in [0.29, 0.717) is 12.0 Å². The van der Waals surface area contributed by atoms with Crippen LogP contribution in [0.2, 0.25) is 0 Å². The van der Waals surface area contributed by atoms with Gasteiger partial charge in [0, 0.05) is 5.56 Å². The van der Waals surface area contributed by atoms with Crippen molar-refractivity contribution in [1.82, 2.24) is 15.4 Å². The highest BCUT2D eigenvalue weighted by molar-refractivity contribution is 7.90. The van der Waals surface area contributed by atoms with E-state index in [1.807, 2.05) is 13.8 Å². The van der Waals surface area contributed by atoms with Crippen molar-refractivity contribution in [3.05, 3.63) is 29.8 Å². The van der Waals surface area contributed by atoms with Gasteiger partial charge in [-0.05, 0) is 18.1 Å².